The molecule has 0 N–H and O–H groups in total. The molecular weight excluding hydrogens is 211 g/mol. The maximum absolute atomic E-state index is 5.58. The lowest BCUT2D eigenvalue weighted by molar-refractivity contribution is 0.213. The molecule has 1 aromatic carbocycles. The third-order valence-corrected chi connectivity index (χ3v) is 2.78. The van der Waals surface area contributed by atoms with Crippen LogP contribution in [-0.4, -0.2) is 13.2 Å². The summed E-state index contributed by atoms with van der Waals surface area (Å²) in [4.78, 5) is 0. The summed E-state index contributed by atoms with van der Waals surface area (Å²) in [7, 11) is -1.24. The predicted octanol–water partition coefficient (Wildman–Crippen LogP) is 3.76. The first-order valence-electron chi connectivity index (χ1n) is 5.15. The second-order valence-corrected chi connectivity index (χ2v) is 4.03. The van der Waals surface area contributed by atoms with Gasteiger partial charge in [-0.05, 0) is 25.5 Å². The van der Waals surface area contributed by atoms with Gasteiger partial charge in [-0.2, -0.15) is 0 Å². The van der Waals surface area contributed by atoms with Crippen molar-refractivity contribution in [1.29, 1.82) is 0 Å². The molecule has 4 heteroatoms. The van der Waals surface area contributed by atoms with Crippen LogP contribution in [0.15, 0.2) is 30.3 Å². The quantitative estimate of drug-likeness (QED) is 0.665. The summed E-state index contributed by atoms with van der Waals surface area (Å²) in [6.45, 7) is 5.25. The first-order valence-corrected chi connectivity index (χ1v) is 6.25. The molecule has 0 aromatic heterocycles. The summed E-state index contributed by atoms with van der Waals surface area (Å²) in [5, 5.41) is 0. The third kappa shape index (κ3) is 5.12. The highest BCUT2D eigenvalue weighted by molar-refractivity contribution is 7.42. The van der Waals surface area contributed by atoms with E-state index in [0.717, 1.165) is 12.2 Å². The number of rotatable bonds is 7. The van der Waals surface area contributed by atoms with Crippen LogP contribution >= 0.6 is 8.60 Å². The summed E-state index contributed by atoms with van der Waals surface area (Å²) in [6, 6.07) is 9.58. The van der Waals surface area contributed by atoms with Crippen LogP contribution in [0.1, 0.15) is 20.3 Å². The molecule has 0 aliphatic heterocycles. The molecule has 1 atom stereocenters. The van der Waals surface area contributed by atoms with Gasteiger partial charge in [-0.15, -0.1) is 0 Å². The Kier molecular flexibility index (Phi) is 6.33. The molecule has 1 unspecified atom stereocenters. The fourth-order valence-electron chi connectivity index (χ4n) is 0.929. The summed E-state index contributed by atoms with van der Waals surface area (Å²) < 4.78 is 16.4. The summed E-state index contributed by atoms with van der Waals surface area (Å²) >= 11 is 0. The fraction of sp³-hybridized carbons (Fsp3) is 0.455. The van der Waals surface area contributed by atoms with E-state index < -0.39 is 8.60 Å². The van der Waals surface area contributed by atoms with Gasteiger partial charge in [0.05, 0.1) is 13.2 Å². The van der Waals surface area contributed by atoms with Gasteiger partial charge in [0.2, 0.25) is 0 Å². The second-order valence-electron chi connectivity index (χ2n) is 2.88. The summed E-state index contributed by atoms with van der Waals surface area (Å²) in [5.74, 6) is 0.785. The van der Waals surface area contributed by atoms with Crippen LogP contribution in [0.4, 0.5) is 0 Å². The topological polar surface area (TPSA) is 27.7 Å². The van der Waals surface area contributed by atoms with E-state index in [1.165, 1.54) is 0 Å². The van der Waals surface area contributed by atoms with Gasteiger partial charge in [-0.3, -0.25) is 0 Å². The van der Waals surface area contributed by atoms with Gasteiger partial charge in [0, 0.05) is 0 Å². The molecule has 0 spiro atoms. The normalized spacial score (nSPS) is 12.4. The number of hydrogen-bond acceptors (Lipinski definition) is 3. The van der Waals surface area contributed by atoms with Crippen molar-refractivity contribution in [2.75, 3.05) is 13.2 Å². The van der Waals surface area contributed by atoms with E-state index in [0.29, 0.717) is 13.2 Å². The monoisotopic (exact) mass is 228 g/mol. The molecule has 1 aromatic rings. The van der Waals surface area contributed by atoms with Crippen molar-refractivity contribution in [1.82, 2.24) is 0 Å². The van der Waals surface area contributed by atoms with E-state index in [4.69, 9.17) is 13.6 Å². The highest BCUT2D eigenvalue weighted by Crippen LogP contribution is 2.40. The first kappa shape index (κ1) is 12.4. The first-order chi connectivity index (χ1) is 7.36. The SMILES string of the molecule is CCCOP(OCC)Oc1ccccc1. The Hall–Kier alpha value is -0.630. The molecular formula is C11H17O3P. The summed E-state index contributed by atoms with van der Waals surface area (Å²) in [5.41, 5.74) is 0. The lowest BCUT2D eigenvalue weighted by atomic mass is 10.3. The molecule has 3 nitrogen and oxygen atoms in total. The Labute approximate surface area is 92.4 Å². The molecule has 0 radical (unpaired) electrons. The molecule has 1 rings (SSSR count). The van der Waals surface area contributed by atoms with Crippen LogP contribution in [0, 0.1) is 0 Å². The molecule has 0 amide bonds. The molecule has 0 saturated heterocycles. The van der Waals surface area contributed by atoms with E-state index in [1.54, 1.807) is 0 Å². The molecule has 84 valence electrons. The zero-order chi connectivity index (χ0) is 10.9. The second kappa shape index (κ2) is 7.63. The van der Waals surface area contributed by atoms with E-state index in [2.05, 4.69) is 6.92 Å². The average molecular weight is 228 g/mol. The minimum atomic E-state index is -1.24. The van der Waals surface area contributed by atoms with Crippen LogP contribution in [0.3, 0.4) is 0 Å². The van der Waals surface area contributed by atoms with Gasteiger partial charge in [0.1, 0.15) is 5.75 Å². The minimum Gasteiger partial charge on any atom is -0.427 e. The van der Waals surface area contributed by atoms with Gasteiger partial charge in [0.15, 0.2) is 0 Å². The standard InChI is InChI=1S/C11H17O3P/c1-3-10-13-15(12-4-2)14-11-8-6-5-7-9-11/h5-9H,3-4,10H2,1-2H3. The minimum absolute atomic E-state index is 0.599. The van der Waals surface area contributed by atoms with E-state index in [9.17, 15) is 0 Å². The van der Waals surface area contributed by atoms with E-state index >= 15 is 0 Å². The zero-order valence-corrected chi connectivity index (χ0v) is 10.1. The number of benzene rings is 1. The molecule has 0 bridgehead atoms. The molecule has 0 aliphatic rings. The Bertz CT molecular complexity index is 253. The lowest BCUT2D eigenvalue weighted by Gasteiger charge is -2.15. The Morgan fingerprint density at radius 3 is 2.40 bits per heavy atom. The highest BCUT2D eigenvalue weighted by atomic mass is 31.2. The molecule has 0 aliphatic carbocycles. The van der Waals surface area contributed by atoms with Crippen LogP contribution < -0.4 is 4.52 Å². The van der Waals surface area contributed by atoms with Crippen molar-refractivity contribution in [3.05, 3.63) is 30.3 Å². The van der Waals surface area contributed by atoms with E-state index in [1.807, 2.05) is 37.3 Å². The van der Waals surface area contributed by atoms with Gasteiger partial charge in [-0.1, -0.05) is 25.1 Å². The molecule has 0 saturated carbocycles. The van der Waals surface area contributed by atoms with Crippen LogP contribution in [0.2, 0.25) is 0 Å². The highest BCUT2D eigenvalue weighted by Gasteiger charge is 2.12. The van der Waals surface area contributed by atoms with Crippen LogP contribution in [-0.2, 0) is 9.05 Å². The smallest absolute Gasteiger partial charge is 0.397 e. The average Bonchev–Trinajstić information content (AvgIpc) is 2.28. The number of para-hydroxylation sites is 1. The van der Waals surface area contributed by atoms with Crippen molar-refractivity contribution in [3.63, 3.8) is 0 Å². The van der Waals surface area contributed by atoms with Gasteiger partial charge >= 0.3 is 8.60 Å². The van der Waals surface area contributed by atoms with Gasteiger partial charge in [0.25, 0.3) is 0 Å². The fourth-order valence-corrected chi connectivity index (χ4v) is 1.94. The van der Waals surface area contributed by atoms with Gasteiger partial charge < -0.3 is 13.6 Å². The largest absolute Gasteiger partial charge is 0.427 e. The Morgan fingerprint density at radius 1 is 1.07 bits per heavy atom. The molecule has 0 fully saturated rings. The summed E-state index contributed by atoms with van der Waals surface area (Å²) in [6.07, 6.45) is 0.962. The lowest BCUT2D eigenvalue weighted by Crippen LogP contribution is -1.98. The molecule has 15 heavy (non-hydrogen) atoms. The predicted molar refractivity (Wildman–Crippen MR) is 61.9 cm³/mol. The Morgan fingerprint density at radius 2 is 1.80 bits per heavy atom. The van der Waals surface area contributed by atoms with Crippen molar-refractivity contribution < 1.29 is 13.6 Å². The van der Waals surface area contributed by atoms with Crippen molar-refractivity contribution in [2.45, 2.75) is 20.3 Å². The van der Waals surface area contributed by atoms with Crippen molar-refractivity contribution in [3.8, 4) is 5.75 Å². The molecule has 0 heterocycles. The van der Waals surface area contributed by atoms with Crippen LogP contribution in [0.25, 0.3) is 0 Å². The Balaban J connectivity index is 2.43. The van der Waals surface area contributed by atoms with Crippen LogP contribution in [0.5, 0.6) is 5.75 Å². The maximum atomic E-state index is 5.58. The zero-order valence-electron chi connectivity index (χ0n) is 9.18. The van der Waals surface area contributed by atoms with Crippen molar-refractivity contribution >= 4 is 8.60 Å². The van der Waals surface area contributed by atoms with E-state index in [-0.39, 0.29) is 0 Å². The van der Waals surface area contributed by atoms with Gasteiger partial charge in [-0.25, -0.2) is 0 Å². The third-order valence-electron chi connectivity index (χ3n) is 1.56. The van der Waals surface area contributed by atoms with Crippen molar-refractivity contribution in [2.24, 2.45) is 0 Å². The maximum Gasteiger partial charge on any atom is 0.397 e. The number of hydrogen-bond donors (Lipinski definition) is 0.